The van der Waals surface area contributed by atoms with Crippen LogP contribution >= 0.6 is 39.1 Å². The zero-order valence-electron chi connectivity index (χ0n) is 12.3. The second kappa shape index (κ2) is 7.38. The monoisotopic (exact) mass is 423 g/mol. The van der Waals surface area contributed by atoms with E-state index >= 15 is 0 Å². The van der Waals surface area contributed by atoms with Gasteiger partial charge in [0.15, 0.2) is 5.82 Å². The summed E-state index contributed by atoms with van der Waals surface area (Å²) in [5.74, 6) is 0.237. The Hall–Kier alpha value is -1.82. The van der Waals surface area contributed by atoms with Gasteiger partial charge in [-0.1, -0.05) is 51.3 Å². The molecule has 0 saturated heterocycles. The van der Waals surface area contributed by atoms with Crippen LogP contribution in [0.3, 0.4) is 0 Å². The van der Waals surface area contributed by atoms with Crippen molar-refractivity contribution in [2.24, 2.45) is 0 Å². The summed E-state index contributed by atoms with van der Waals surface area (Å²) in [6, 6.07) is 14.2. The number of carbonyl (C=O) groups excluding carboxylic acids is 1. The van der Waals surface area contributed by atoms with Crippen LogP contribution in [0.2, 0.25) is 10.0 Å². The second-order valence-corrected chi connectivity index (χ2v) is 6.79. The third kappa shape index (κ3) is 3.98. The van der Waals surface area contributed by atoms with Gasteiger partial charge in [-0.25, -0.2) is 0 Å². The van der Waals surface area contributed by atoms with Crippen LogP contribution in [0.25, 0.3) is 0 Å². The Morgan fingerprint density at radius 2 is 1.83 bits per heavy atom. The lowest BCUT2D eigenvalue weighted by atomic mass is 10.2. The number of nitrogens with one attached hydrogen (secondary N) is 1. The number of carbonyl (C=O) groups is 1. The highest BCUT2D eigenvalue weighted by molar-refractivity contribution is 9.10. The fraction of sp³-hybridized carbons (Fsp3) is 0.0588. The summed E-state index contributed by atoms with van der Waals surface area (Å²) < 4.78 is 2.51. The minimum Gasteiger partial charge on any atom is -0.305 e. The topological polar surface area (TPSA) is 46.9 Å². The standard InChI is InChI=1S/C17H12BrCl2N3O/c18-12-4-1-3-11(9-12)17(24)21-16-7-8-23(22-16)10-13-14(19)5-2-6-15(13)20/h1-9H,10H2,(H,21,22,24). The minimum atomic E-state index is -0.225. The van der Waals surface area contributed by atoms with E-state index in [-0.39, 0.29) is 5.91 Å². The first kappa shape index (κ1) is 17.0. The largest absolute Gasteiger partial charge is 0.305 e. The maximum absolute atomic E-state index is 12.2. The van der Waals surface area contributed by atoms with Crippen molar-refractivity contribution in [3.8, 4) is 0 Å². The van der Waals surface area contributed by atoms with E-state index in [1.807, 2.05) is 6.07 Å². The van der Waals surface area contributed by atoms with Crippen molar-refractivity contribution in [3.05, 3.63) is 80.4 Å². The summed E-state index contributed by atoms with van der Waals surface area (Å²) in [5, 5.41) is 8.26. The molecule has 24 heavy (non-hydrogen) atoms. The number of hydrogen-bond acceptors (Lipinski definition) is 2. The van der Waals surface area contributed by atoms with E-state index in [0.717, 1.165) is 10.0 Å². The quantitative estimate of drug-likeness (QED) is 0.621. The molecule has 3 rings (SSSR count). The summed E-state index contributed by atoms with van der Waals surface area (Å²) >= 11 is 15.7. The van der Waals surface area contributed by atoms with Crippen LogP contribution < -0.4 is 5.32 Å². The van der Waals surface area contributed by atoms with Crippen LogP contribution in [-0.2, 0) is 6.54 Å². The number of anilines is 1. The number of benzene rings is 2. The van der Waals surface area contributed by atoms with E-state index < -0.39 is 0 Å². The van der Waals surface area contributed by atoms with Crippen molar-refractivity contribution >= 4 is 50.9 Å². The maximum atomic E-state index is 12.2. The van der Waals surface area contributed by atoms with E-state index in [4.69, 9.17) is 23.2 Å². The van der Waals surface area contributed by atoms with Gasteiger partial charge in [-0.2, -0.15) is 5.10 Å². The molecule has 1 N–H and O–H groups in total. The van der Waals surface area contributed by atoms with E-state index in [1.165, 1.54) is 0 Å². The third-order valence-electron chi connectivity index (χ3n) is 3.35. The molecule has 0 radical (unpaired) electrons. The molecular weight excluding hydrogens is 413 g/mol. The average Bonchev–Trinajstić information content (AvgIpc) is 2.98. The molecule has 0 aliphatic carbocycles. The molecule has 0 unspecified atom stereocenters. The van der Waals surface area contributed by atoms with Gasteiger partial charge in [0, 0.05) is 37.9 Å². The molecule has 1 amide bonds. The smallest absolute Gasteiger partial charge is 0.256 e. The van der Waals surface area contributed by atoms with E-state index in [2.05, 4.69) is 26.3 Å². The number of rotatable bonds is 4. The summed E-state index contributed by atoms with van der Waals surface area (Å²) in [6.45, 7) is 0.422. The molecular formula is C17H12BrCl2N3O. The van der Waals surface area contributed by atoms with Crippen molar-refractivity contribution in [2.75, 3.05) is 5.32 Å². The predicted octanol–water partition coefficient (Wildman–Crippen LogP) is 5.25. The van der Waals surface area contributed by atoms with Gasteiger partial charge >= 0.3 is 0 Å². The summed E-state index contributed by atoms with van der Waals surface area (Å²) in [4.78, 5) is 12.2. The van der Waals surface area contributed by atoms with Crippen molar-refractivity contribution in [3.63, 3.8) is 0 Å². The molecule has 7 heteroatoms. The molecule has 2 aromatic carbocycles. The van der Waals surface area contributed by atoms with Gasteiger partial charge in [0.25, 0.3) is 5.91 Å². The lowest BCUT2D eigenvalue weighted by Crippen LogP contribution is -2.13. The molecule has 0 spiro atoms. The second-order valence-electron chi connectivity index (χ2n) is 5.06. The number of nitrogens with zero attached hydrogens (tertiary/aromatic N) is 2. The molecule has 1 aromatic heterocycles. The minimum absolute atomic E-state index is 0.225. The van der Waals surface area contributed by atoms with Crippen molar-refractivity contribution in [2.45, 2.75) is 6.54 Å². The summed E-state index contributed by atoms with van der Waals surface area (Å²) in [7, 11) is 0. The fourth-order valence-electron chi connectivity index (χ4n) is 2.18. The first-order valence-electron chi connectivity index (χ1n) is 7.06. The predicted molar refractivity (Wildman–Crippen MR) is 99.9 cm³/mol. The van der Waals surface area contributed by atoms with Crippen molar-refractivity contribution < 1.29 is 4.79 Å². The van der Waals surface area contributed by atoms with Gasteiger partial charge in [-0.15, -0.1) is 0 Å². The lowest BCUT2D eigenvalue weighted by Gasteiger charge is -2.07. The lowest BCUT2D eigenvalue weighted by molar-refractivity contribution is 0.102. The first-order chi connectivity index (χ1) is 11.5. The molecule has 0 aliphatic heterocycles. The number of hydrogen-bond donors (Lipinski definition) is 1. The van der Waals surface area contributed by atoms with Crippen LogP contribution in [0.4, 0.5) is 5.82 Å². The van der Waals surface area contributed by atoms with Gasteiger partial charge in [0.1, 0.15) is 0 Å². The van der Waals surface area contributed by atoms with Crippen molar-refractivity contribution in [1.82, 2.24) is 9.78 Å². The van der Waals surface area contributed by atoms with E-state index in [1.54, 1.807) is 53.3 Å². The molecule has 122 valence electrons. The maximum Gasteiger partial charge on any atom is 0.256 e. The molecule has 1 heterocycles. The van der Waals surface area contributed by atoms with Gasteiger partial charge in [0.05, 0.1) is 6.54 Å². The molecule has 0 aliphatic rings. The highest BCUT2D eigenvalue weighted by Crippen LogP contribution is 2.25. The summed E-state index contributed by atoms with van der Waals surface area (Å²) in [5.41, 5.74) is 1.34. The first-order valence-corrected chi connectivity index (χ1v) is 8.61. The SMILES string of the molecule is O=C(Nc1ccn(Cc2c(Cl)cccc2Cl)n1)c1cccc(Br)c1. The average molecular weight is 425 g/mol. The normalized spacial score (nSPS) is 10.6. The molecule has 0 fully saturated rings. The van der Waals surface area contributed by atoms with Crippen molar-refractivity contribution in [1.29, 1.82) is 0 Å². The van der Waals surface area contributed by atoms with Gasteiger partial charge in [-0.3, -0.25) is 9.48 Å². The molecule has 4 nitrogen and oxygen atoms in total. The Kier molecular flexibility index (Phi) is 5.23. The van der Waals surface area contributed by atoms with E-state index in [9.17, 15) is 4.79 Å². The van der Waals surface area contributed by atoms with Crippen LogP contribution in [-0.4, -0.2) is 15.7 Å². The zero-order valence-corrected chi connectivity index (χ0v) is 15.4. The molecule has 0 bridgehead atoms. The number of halogens is 3. The van der Waals surface area contributed by atoms with Crippen LogP contribution in [0.1, 0.15) is 15.9 Å². The van der Waals surface area contributed by atoms with Gasteiger partial charge in [-0.05, 0) is 30.3 Å². The van der Waals surface area contributed by atoms with Crippen LogP contribution in [0, 0.1) is 0 Å². The highest BCUT2D eigenvalue weighted by atomic mass is 79.9. The molecule has 0 atom stereocenters. The summed E-state index contributed by atoms with van der Waals surface area (Å²) in [6.07, 6.45) is 1.76. The van der Waals surface area contributed by atoms with Gasteiger partial charge < -0.3 is 5.32 Å². The fourth-order valence-corrected chi connectivity index (χ4v) is 3.10. The zero-order chi connectivity index (χ0) is 17.1. The Morgan fingerprint density at radius 1 is 1.12 bits per heavy atom. The highest BCUT2D eigenvalue weighted by Gasteiger charge is 2.10. The molecule has 0 saturated carbocycles. The van der Waals surface area contributed by atoms with Crippen LogP contribution in [0.5, 0.6) is 0 Å². The Balaban J connectivity index is 1.73. The number of amides is 1. The Morgan fingerprint density at radius 3 is 2.54 bits per heavy atom. The molecule has 3 aromatic rings. The van der Waals surface area contributed by atoms with E-state index in [0.29, 0.717) is 28.0 Å². The Labute approximate surface area is 157 Å². The van der Waals surface area contributed by atoms with Gasteiger partial charge in [0.2, 0.25) is 0 Å². The van der Waals surface area contributed by atoms with Crippen LogP contribution in [0.15, 0.2) is 59.2 Å². The third-order valence-corrected chi connectivity index (χ3v) is 4.55. The number of aromatic nitrogens is 2. The Bertz CT molecular complexity index is 875.